The lowest BCUT2D eigenvalue weighted by atomic mass is 10.2. The number of nitrogens with zero attached hydrogens (tertiary/aromatic N) is 2. The molecule has 25 heavy (non-hydrogen) atoms. The van der Waals surface area contributed by atoms with Crippen molar-refractivity contribution in [3.05, 3.63) is 29.0 Å². The van der Waals surface area contributed by atoms with Gasteiger partial charge in [0.15, 0.2) is 10.6 Å². The minimum absolute atomic E-state index is 0.0146. The largest absolute Gasteiger partial charge is 0.497 e. The first-order chi connectivity index (χ1) is 12.2. The number of amides is 1. The maximum atomic E-state index is 12.1. The van der Waals surface area contributed by atoms with Gasteiger partial charge in [-0.1, -0.05) is 0 Å². The Kier molecular flexibility index (Phi) is 5.83. The average molecular weight is 362 g/mol. The van der Waals surface area contributed by atoms with E-state index in [-0.39, 0.29) is 12.0 Å². The second kappa shape index (κ2) is 8.26. The topological polar surface area (TPSA) is 81.2 Å². The number of aromatic nitrogens is 3. The van der Waals surface area contributed by atoms with Crippen LogP contribution in [-0.4, -0.2) is 47.0 Å². The van der Waals surface area contributed by atoms with E-state index in [1.54, 1.807) is 7.11 Å². The van der Waals surface area contributed by atoms with Gasteiger partial charge in [-0.25, -0.2) is 0 Å². The van der Waals surface area contributed by atoms with Crippen LogP contribution in [0, 0.1) is 4.77 Å². The van der Waals surface area contributed by atoms with Crippen LogP contribution in [0.1, 0.15) is 19.3 Å². The quantitative estimate of drug-likeness (QED) is 0.739. The molecular weight excluding hydrogens is 340 g/mol. The van der Waals surface area contributed by atoms with Crippen LogP contribution in [0.2, 0.25) is 0 Å². The molecule has 1 unspecified atom stereocenters. The van der Waals surface area contributed by atoms with Gasteiger partial charge < -0.3 is 14.8 Å². The number of H-pyrrole nitrogens is 1. The average Bonchev–Trinajstić information content (AvgIpc) is 3.28. The highest BCUT2D eigenvalue weighted by Gasteiger charge is 2.16. The molecule has 2 N–H and O–H groups in total. The third-order valence-corrected chi connectivity index (χ3v) is 4.53. The van der Waals surface area contributed by atoms with E-state index in [1.165, 1.54) is 0 Å². The lowest BCUT2D eigenvalue weighted by molar-refractivity contribution is -0.121. The van der Waals surface area contributed by atoms with Crippen molar-refractivity contribution in [2.75, 3.05) is 20.3 Å². The maximum absolute atomic E-state index is 12.1. The second-order valence-corrected chi connectivity index (χ2v) is 6.31. The third kappa shape index (κ3) is 4.46. The number of carbonyl (C=O) groups is 1. The van der Waals surface area contributed by atoms with Gasteiger partial charge in [-0.3, -0.25) is 14.5 Å². The van der Waals surface area contributed by atoms with Gasteiger partial charge in [0, 0.05) is 31.7 Å². The van der Waals surface area contributed by atoms with Gasteiger partial charge in [0.2, 0.25) is 5.91 Å². The van der Waals surface area contributed by atoms with E-state index < -0.39 is 0 Å². The highest BCUT2D eigenvalue weighted by molar-refractivity contribution is 7.71. The highest BCUT2D eigenvalue weighted by Crippen LogP contribution is 2.21. The van der Waals surface area contributed by atoms with Crippen molar-refractivity contribution in [3.8, 4) is 17.1 Å². The van der Waals surface area contributed by atoms with E-state index in [4.69, 9.17) is 21.7 Å². The highest BCUT2D eigenvalue weighted by atomic mass is 32.1. The van der Waals surface area contributed by atoms with Gasteiger partial charge in [0.25, 0.3) is 0 Å². The summed E-state index contributed by atoms with van der Waals surface area (Å²) in [4.78, 5) is 12.1. The smallest absolute Gasteiger partial charge is 0.221 e. The van der Waals surface area contributed by atoms with Crippen molar-refractivity contribution in [2.45, 2.75) is 31.9 Å². The summed E-state index contributed by atoms with van der Waals surface area (Å²) in [5, 5.41) is 10.0. The second-order valence-electron chi connectivity index (χ2n) is 5.92. The standard InChI is InChI=1S/C17H22N4O3S/c1-23-13-6-4-12(5-7-13)16-19-20-17(25)21(16)9-8-15(22)18-11-14-3-2-10-24-14/h4-7,14H,2-3,8-11H2,1H3,(H,18,22)(H,20,25). The summed E-state index contributed by atoms with van der Waals surface area (Å²) in [7, 11) is 1.63. The van der Waals surface area contributed by atoms with Gasteiger partial charge in [-0.15, -0.1) is 0 Å². The van der Waals surface area contributed by atoms with E-state index >= 15 is 0 Å². The van der Waals surface area contributed by atoms with Gasteiger partial charge in [0.05, 0.1) is 13.2 Å². The third-order valence-electron chi connectivity index (χ3n) is 4.22. The first-order valence-corrected chi connectivity index (χ1v) is 8.76. The zero-order valence-electron chi connectivity index (χ0n) is 14.2. The first-order valence-electron chi connectivity index (χ1n) is 8.35. The number of hydrogen-bond acceptors (Lipinski definition) is 5. The molecule has 0 saturated carbocycles. The first kappa shape index (κ1) is 17.6. The number of benzene rings is 1. The van der Waals surface area contributed by atoms with Crippen molar-refractivity contribution < 1.29 is 14.3 Å². The van der Waals surface area contributed by atoms with E-state index in [9.17, 15) is 4.79 Å². The number of rotatable bonds is 7. The zero-order chi connectivity index (χ0) is 17.6. The van der Waals surface area contributed by atoms with Crippen molar-refractivity contribution in [2.24, 2.45) is 0 Å². The normalized spacial score (nSPS) is 16.8. The minimum Gasteiger partial charge on any atom is -0.497 e. The van der Waals surface area contributed by atoms with Crippen LogP contribution >= 0.6 is 12.2 Å². The Morgan fingerprint density at radius 3 is 2.96 bits per heavy atom. The van der Waals surface area contributed by atoms with Gasteiger partial charge in [-0.2, -0.15) is 5.10 Å². The van der Waals surface area contributed by atoms with Crippen LogP contribution in [0.15, 0.2) is 24.3 Å². The fourth-order valence-corrected chi connectivity index (χ4v) is 3.04. The Hall–Kier alpha value is -2.19. The van der Waals surface area contributed by atoms with Crippen molar-refractivity contribution >= 4 is 18.1 Å². The summed E-state index contributed by atoms with van der Waals surface area (Å²) in [6, 6.07) is 7.56. The molecule has 3 rings (SSSR count). The summed E-state index contributed by atoms with van der Waals surface area (Å²) in [6.45, 7) is 1.82. The number of carbonyl (C=O) groups excluding carboxylic acids is 1. The van der Waals surface area contributed by atoms with Crippen LogP contribution in [0.4, 0.5) is 0 Å². The van der Waals surface area contributed by atoms with Crippen LogP contribution in [0.3, 0.4) is 0 Å². The van der Waals surface area contributed by atoms with Gasteiger partial charge >= 0.3 is 0 Å². The van der Waals surface area contributed by atoms with E-state index in [2.05, 4.69) is 15.5 Å². The molecule has 0 spiro atoms. The van der Waals surface area contributed by atoms with E-state index in [0.29, 0.717) is 30.1 Å². The van der Waals surface area contributed by atoms with Crippen LogP contribution in [0.5, 0.6) is 5.75 Å². The Morgan fingerprint density at radius 1 is 1.48 bits per heavy atom. The fraction of sp³-hybridized carbons (Fsp3) is 0.471. The predicted octanol–water partition coefficient (Wildman–Crippen LogP) is 2.30. The lowest BCUT2D eigenvalue weighted by Gasteiger charge is -2.11. The van der Waals surface area contributed by atoms with Crippen LogP contribution < -0.4 is 10.1 Å². The summed E-state index contributed by atoms with van der Waals surface area (Å²) >= 11 is 5.29. The molecule has 1 aliphatic heterocycles. The number of hydrogen-bond donors (Lipinski definition) is 2. The molecular formula is C17H22N4O3S. The Balaban J connectivity index is 1.61. The number of ether oxygens (including phenoxy) is 2. The van der Waals surface area contributed by atoms with Crippen molar-refractivity contribution in [1.82, 2.24) is 20.1 Å². The predicted molar refractivity (Wildman–Crippen MR) is 96.0 cm³/mol. The monoisotopic (exact) mass is 362 g/mol. The molecule has 8 heteroatoms. The minimum atomic E-state index is -0.0146. The molecule has 1 atom stereocenters. The summed E-state index contributed by atoms with van der Waals surface area (Å²) < 4.78 is 13.0. The van der Waals surface area contributed by atoms with Crippen molar-refractivity contribution in [1.29, 1.82) is 0 Å². The Bertz CT molecular complexity index is 763. The molecule has 1 aromatic carbocycles. The lowest BCUT2D eigenvalue weighted by Crippen LogP contribution is -2.32. The van der Waals surface area contributed by atoms with Crippen LogP contribution in [0.25, 0.3) is 11.4 Å². The molecule has 2 aromatic rings. The van der Waals surface area contributed by atoms with Crippen LogP contribution in [-0.2, 0) is 16.1 Å². The zero-order valence-corrected chi connectivity index (χ0v) is 15.0. The molecule has 7 nitrogen and oxygen atoms in total. The number of methoxy groups -OCH3 is 1. The molecule has 1 saturated heterocycles. The van der Waals surface area contributed by atoms with Gasteiger partial charge in [0.1, 0.15) is 5.75 Å². The number of aromatic amines is 1. The maximum Gasteiger partial charge on any atom is 0.221 e. The van der Waals surface area contributed by atoms with E-state index in [0.717, 1.165) is 30.8 Å². The van der Waals surface area contributed by atoms with Gasteiger partial charge in [-0.05, 0) is 49.3 Å². The molecule has 1 aromatic heterocycles. The summed E-state index contributed by atoms with van der Waals surface area (Å²) in [5.41, 5.74) is 0.910. The van der Waals surface area contributed by atoms with Crippen molar-refractivity contribution in [3.63, 3.8) is 0 Å². The Morgan fingerprint density at radius 2 is 2.28 bits per heavy atom. The summed E-state index contributed by atoms with van der Waals surface area (Å²) in [6.07, 6.45) is 2.56. The number of nitrogens with one attached hydrogen (secondary N) is 2. The Labute approximate surface area is 151 Å². The molecule has 1 fully saturated rings. The summed E-state index contributed by atoms with van der Waals surface area (Å²) in [5.74, 6) is 1.47. The molecule has 2 heterocycles. The molecule has 0 bridgehead atoms. The van der Waals surface area contributed by atoms with E-state index in [1.807, 2.05) is 28.8 Å². The molecule has 1 amide bonds. The molecule has 0 aliphatic carbocycles. The molecule has 0 radical (unpaired) electrons. The fourth-order valence-electron chi connectivity index (χ4n) is 2.82. The SMILES string of the molecule is COc1ccc(-c2n[nH]c(=S)n2CCC(=O)NCC2CCCO2)cc1. The molecule has 134 valence electrons. The molecule has 1 aliphatic rings.